The fraction of sp³-hybridized carbons (Fsp3) is 0.478. The topological polar surface area (TPSA) is 112 Å². The minimum atomic E-state index is -1.29. The highest BCUT2D eigenvalue weighted by molar-refractivity contribution is 8.00. The Hall–Kier alpha value is -3.17. The molecule has 0 aliphatic carbocycles. The summed E-state index contributed by atoms with van der Waals surface area (Å²) in [5.41, 5.74) is -0.0297. The van der Waals surface area contributed by atoms with E-state index < -0.39 is 17.2 Å². The molecule has 0 saturated carbocycles. The SMILES string of the molecule is CCCC(=O)N1CCN(c2cc3c(cc2F)c(=O)c(C(=O)O)c2n3C(C)S2)CC1.CCN=C=O. The Morgan fingerprint density at radius 3 is 2.41 bits per heavy atom. The standard InChI is InChI=1S/C20H22FN3O4S.C3H5NO/c1-3-4-16(25)23-7-5-22(6-8-23)15-10-14-12(9-13(15)21)18(26)17(20(27)28)19-24(14)11(2)29-19;1-2-4-3-5/h9-11H,3-8H2,1-2H3,(H,27,28);2H2,1H3. The van der Waals surface area contributed by atoms with E-state index in [1.807, 2.05) is 18.7 Å². The van der Waals surface area contributed by atoms with E-state index in [0.29, 0.717) is 55.4 Å². The number of hydrogen-bond acceptors (Lipinski definition) is 7. The van der Waals surface area contributed by atoms with Crippen molar-refractivity contribution in [2.24, 2.45) is 4.99 Å². The average molecular weight is 491 g/mol. The van der Waals surface area contributed by atoms with E-state index in [1.54, 1.807) is 22.5 Å². The van der Waals surface area contributed by atoms with Crippen LogP contribution in [0, 0.1) is 5.82 Å². The highest BCUT2D eigenvalue weighted by Gasteiger charge is 2.33. The zero-order chi connectivity index (χ0) is 25.0. The molecule has 0 radical (unpaired) electrons. The molecule has 3 heterocycles. The van der Waals surface area contributed by atoms with Crippen LogP contribution >= 0.6 is 11.8 Å². The van der Waals surface area contributed by atoms with Gasteiger partial charge in [0.15, 0.2) is 0 Å². The molecule has 4 rings (SSSR count). The summed E-state index contributed by atoms with van der Waals surface area (Å²) in [7, 11) is 0. The zero-order valence-corrected chi connectivity index (χ0v) is 20.2. The van der Waals surface area contributed by atoms with Gasteiger partial charge in [-0.1, -0.05) is 18.7 Å². The first-order valence-corrected chi connectivity index (χ1v) is 12.0. The number of halogens is 1. The number of nitrogens with zero attached hydrogens (tertiary/aromatic N) is 4. The van der Waals surface area contributed by atoms with E-state index >= 15 is 0 Å². The van der Waals surface area contributed by atoms with Gasteiger partial charge in [-0.3, -0.25) is 9.59 Å². The van der Waals surface area contributed by atoms with Crippen molar-refractivity contribution in [1.29, 1.82) is 0 Å². The van der Waals surface area contributed by atoms with Crippen molar-refractivity contribution in [1.82, 2.24) is 9.47 Å². The largest absolute Gasteiger partial charge is 0.477 e. The van der Waals surface area contributed by atoms with Crippen LogP contribution < -0.4 is 10.3 Å². The number of aliphatic imine (C=N–C) groups is 1. The van der Waals surface area contributed by atoms with Crippen LogP contribution in [-0.4, -0.2) is 65.3 Å². The molecule has 2 aliphatic rings. The van der Waals surface area contributed by atoms with Crippen molar-refractivity contribution in [2.75, 3.05) is 37.6 Å². The number of pyridine rings is 1. The number of rotatable bonds is 5. The number of amides is 1. The Balaban J connectivity index is 0.000000588. The van der Waals surface area contributed by atoms with Gasteiger partial charge in [0.25, 0.3) is 0 Å². The summed E-state index contributed by atoms with van der Waals surface area (Å²) >= 11 is 1.32. The summed E-state index contributed by atoms with van der Waals surface area (Å²) in [6, 6.07) is 2.79. The molecule has 2 aliphatic heterocycles. The van der Waals surface area contributed by atoms with E-state index in [9.17, 15) is 23.9 Å². The maximum Gasteiger partial charge on any atom is 0.342 e. The van der Waals surface area contributed by atoms with Gasteiger partial charge < -0.3 is 19.5 Å². The Morgan fingerprint density at radius 2 is 1.91 bits per heavy atom. The summed E-state index contributed by atoms with van der Waals surface area (Å²) < 4.78 is 16.7. The molecule has 0 bridgehead atoms. The summed E-state index contributed by atoms with van der Waals surface area (Å²) in [5.74, 6) is -1.73. The maximum atomic E-state index is 14.9. The number of carbonyl (C=O) groups excluding carboxylic acids is 2. The second-order valence-corrected chi connectivity index (χ2v) is 9.21. The van der Waals surface area contributed by atoms with Gasteiger partial charge in [0, 0.05) is 44.5 Å². The molecule has 1 fully saturated rings. The molecule has 34 heavy (non-hydrogen) atoms. The third kappa shape index (κ3) is 4.85. The molecular weight excluding hydrogens is 463 g/mol. The molecule has 1 unspecified atom stereocenters. The second-order valence-electron chi connectivity index (χ2n) is 7.91. The number of carboxylic acids is 1. The van der Waals surface area contributed by atoms with E-state index in [1.165, 1.54) is 17.8 Å². The van der Waals surface area contributed by atoms with Crippen molar-refractivity contribution >= 4 is 46.3 Å². The molecule has 9 nitrogen and oxygen atoms in total. The van der Waals surface area contributed by atoms with Gasteiger partial charge in [-0.25, -0.2) is 19.0 Å². The molecule has 1 N–H and O–H groups in total. The smallest absolute Gasteiger partial charge is 0.342 e. The zero-order valence-electron chi connectivity index (χ0n) is 19.3. The van der Waals surface area contributed by atoms with Gasteiger partial charge in [-0.2, -0.15) is 0 Å². The molecule has 1 aromatic carbocycles. The minimum Gasteiger partial charge on any atom is -0.477 e. The Morgan fingerprint density at radius 1 is 1.24 bits per heavy atom. The lowest BCUT2D eigenvalue weighted by Gasteiger charge is -2.37. The van der Waals surface area contributed by atoms with Crippen LogP contribution in [0.3, 0.4) is 0 Å². The highest BCUT2D eigenvalue weighted by atomic mass is 32.2. The van der Waals surface area contributed by atoms with Gasteiger partial charge in [-0.05, 0) is 32.4 Å². The van der Waals surface area contributed by atoms with Gasteiger partial charge in [0.2, 0.25) is 17.4 Å². The average Bonchev–Trinajstić information content (AvgIpc) is 2.80. The Kier molecular flexibility index (Phi) is 8.11. The maximum absolute atomic E-state index is 14.9. The molecule has 0 spiro atoms. The van der Waals surface area contributed by atoms with Crippen molar-refractivity contribution in [2.45, 2.75) is 44.0 Å². The van der Waals surface area contributed by atoms with Crippen molar-refractivity contribution < 1.29 is 23.9 Å². The van der Waals surface area contributed by atoms with Gasteiger partial charge in [0.05, 0.1) is 21.6 Å². The van der Waals surface area contributed by atoms with E-state index in [4.69, 9.17) is 4.79 Å². The third-order valence-electron chi connectivity index (χ3n) is 5.75. The molecule has 1 saturated heterocycles. The Labute approximate surface area is 200 Å². The van der Waals surface area contributed by atoms with Crippen LogP contribution in [0.5, 0.6) is 0 Å². The lowest BCUT2D eigenvalue weighted by molar-refractivity contribution is -0.131. The second kappa shape index (κ2) is 10.8. The first-order chi connectivity index (χ1) is 16.2. The molecule has 2 aromatic rings. The van der Waals surface area contributed by atoms with E-state index in [-0.39, 0.29) is 22.2 Å². The summed E-state index contributed by atoms with van der Waals surface area (Å²) in [6.07, 6.45) is 2.71. The highest BCUT2D eigenvalue weighted by Crippen LogP contribution is 2.46. The molecule has 182 valence electrons. The molecule has 1 atom stereocenters. The number of piperazine rings is 1. The normalized spacial score (nSPS) is 16.6. The van der Waals surface area contributed by atoms with Gasteiger partial charge in [-0.15, -0.1) is 0 Å². The number of aromatic carboxylic acids is 1. The van der Waals surface area contributed by atoms with Crippen LogP contribution in [0.4, 0.5) is 10.1 Å². The number of thioether (sulfide) groups is 1. The molecule has 11 heteroatoms. The molecular formula is C23H27FN4O5S. The van der Waals surface area contributed by atoms with Crippen LogP contribution in [0.2, 0.25) is 0 Å². The lowest BCUT2D eigenvalue weighted by Crippen LogP contribution is -2.49. The fourth-order valence-corrected chi connectivity index (χ4v) is 5.25. The van der Waals surface area contributed by atoms with Crippen LogP contribution in [0.1, 0.15) is 49.3 Å². The number of carboxylic acid groups (broad SMARTS) is 1. The number of benzene rings is 1. The van der Waals surface area contributed by atoms with Crippen molar-refractivity contribution in [3.63, 3.8) is 0 Å². The van der Waals surface area contributed by atoms with Crippen LogP contribution in [0.25, 0.3) is 10.9 Å². The van der Waals surface area contributed by atoms with Crippen LogP contribution in [0.15, 0.2) is 26.9 Å². The third-order valence-corrected chi connectivity index (χ3v) is 6.92. The Bertz CT molecular complexity index is 1220. The summed E-state index contributed by atoms with van der Waals surface area (Å²) in [4.78, 5) is 52.3. The van der Waals surface area contributed by atoms with E-state index in [2.05, 4.69) is 4.99 Å². The van der Waals surface area contributed by atoms with Crippen molar-refractivity contribution in [3.8, 4) is 0 Å². The quantitative estimate of drug-likeness (QED) is 0.506. The summed E-state index contributed by atoms with van der Waals surface area (Å²) in [5, 5.41) is 9.88. The van der Waals surface area contributed by atoms with Gasteiger partial charge >= 0.3 is 5.97 Å². The van der Waals surface area contributed by atoms with Gasteiger partial charge in [0.1, 0.15) is 11.4 Å². The summed E-state index contributed by atoms with van der Waals surface area (Å²) in [6.45, 7) is 8.27. The number of isocyanates is 1. The number of anilines is 1. The molecule has 1 aromatic heterocycles. The number of hydrogen-bond donors (Lipinski definition) is 1. The fourth-order valence-electron chi connectivity index (χ4n) is 4.10. The predicted molar refractivity (Wildman–Crippen MR) is 128 cm³/mol. The number of fused-ring (bicyclic) bond motifs is 3. The molecule has 1 amide bonds. The van der Waals surface area contributed by atoms with Crippen LogP contribution in [-0.2, 0) is 9.59 Å². The van der Waals surface area contributed by atoms with Crippen molar-refractivity contribution in [3.05, 3.63) is 33.7 Å². The lowest BCUT2D eigenvalue weighted by atomic mass is 10.1. The minimum absolute atomic E-state index is 0.0342. The predicted octanol–water partition coefficient (Wildman–Crippen LogP) is 3.25. The number of carbonyl (C=O) groups is 2. The monoisotopic (exact) mass is 490 g/mol. The number of aromatic nitrogens is 1. The first kappa shape index (κ1) is 25.5. The first-order valence-electron chi connectivity index (χ1n) is 11.1. The van der Waals surface area contributed by atoms with E-state index in [0.717, 1.165) is 12.5 Å².